The highest BCUT2D eigenvalue weighted by Gasteiger charge is 2.20. The number of hydrogen-bond donors (Lipinski definition) is 2. The summed E-state index contributed by atoms with van der Waals surface area (Å²) in [6, 6.07) is 9.19. The molecule has 31 heavy (non-hydrogen) atoms. The van der Waals surface area contributed by atoms with Gasteiger partial charge in [-0.3, -0.25) is 0 Å². The highest BCUT2D eigenvalue weighted by Crippen LogP contribution is 2.23. The Bertz CT molecular complexity index is 816. The van der Waals surface area contributed by atoms with Gasteiger partial charge >= 0.3 is 0 Å². The number of nitrogens with zero attached hydrogens (tertiary/aromatic N) is 3. The quantitative estimate of drug-likeness (QED) is 0.277. The van der Waals surface area contributed by atoms with E-state index in [9.17, 15) is 4.39 Å². The van der Waals surface area contributed by atoms with E-state index in [4.69, 9.17) is 4.52 Å². The van der Waals surface area contributed by atoms with Crippen LogP contribution in [-0.2, 0) is 6.54 Å². The van der Waals surface area contributed by atoms with Crippen LogP contribution in [0.15, 0.2) is 39.8 Å². The Kier molecular flexibility index (Phi) is 10.6. The lowest BCUT2D eigenvalue weighted by atomic mass is 9.99. The smallest absolute Gasteiger partial charge is 0.191 e. The first-order chi connectivity index (χ1) is 14.6. The summed E-state index contributed by atoms with van der Waals surface area (Å²) in [7, 11) is 0. The van der Waals surface area contributed by atoms with Gasteiger partial charge in [0.05, 0.1) is 5.69 Å². The SMILES string of the molecule is CCNC(=NCc1cc(C(CC)CC)no1)NC1CCN(c2cccc(F)c2)CC1.I. The third kappa shape index (κ3) is 7.36. The van der Waals surface area contributed by atoms with Gasteiger partial charge in [0.1, 0.15) is 12.4 Å². The average Bonchev–Trinajstić information content (AvgIpc) is 3.22. The molecule has 1 fully saturated rings. The summed E-state index contributed by atoms with van der Waals surface area (Å²) in [6.07, 6.45) is 4.07. The van der Waals surface area contributed by atoms with E-state index in [1.165, 1.54) is 6.07 Å². The molecule has 0 unspecified atom stereocenters. The van der Waals surface area contributed by atoms with Gasteiger partial charge in [-0.15, -0.1) is 24.0 Å². The van der Waals surface area contributed by atoms with Gasteiger partial charge in [-0.2, -0.15) is 0 Å². The number of nitrogens with one attached hydrogen (secondary N) is 2. The summed E-state index contributed by atoms with van der Waals surface area (Å²) in [5, 5.41) is 11.1. The van der Waals surface area contributed by atoms with Gasteiger partial charge in [0.2, 0.25) is 0 Å². The molecule has 1 aromatic carbocycles. The van der Waals surface area contributed by atoms with Crippen LogP contribution in [0.5, 0.6) is 0 Å². The molecule has 1 aromatic heterocycles. The molecular weight excluding hydrogens is 508 g/mol. The first kappa shape index (κ1) is 25.4. The van der Waals surface area contributed by atoms with E-state index in [-0.39, 0.29) is 29.8 Å². The Morgan fingerprint density at radius 1 is 1.23 bits per heavy atom. The van der Waals surface area contributed by atoms with E-state index in [2.05, 4.69) is 46.5 Å². The van der Waals surface area contributed by atoms with Crippen molar-refractivity contribution in [1.29, 1.82) is 0 Å². The van der Waals surface area contributed by atoms with E-state index in [0.29, 0.717) is 18.5 Å². The summed E-state index contributed by atoms with van der Waals surface area (Å²) in [5.74, 6) is 1.84. The molecule has 0 bridgehead atoms. The first-order valence-electron chi connectivity index (χ1n) is 11.1. The predicted molar refractivity (Wildman–Crippen MR) is 135 cm³/mol. The van der Waals surface area contributed by atoms with E-state index in [1.807, 2.05) is 12.1 Å². The summed E-state index contributed by atoms with van der Waals surface area (Å²) >= 11 is 0. The monoisotopic (exact) mass is 543 g/mol. The molecule has 3 rings (SSSR count). The number of piperidine rings is 1. The lowest BCUT2D eigenvalue weighted by Gasteiger charge is -2.34. The van der Waals surface area contributed by atoms with Crippen molar-refractivity contribution in [2.75, 3.05) is 24.5 Å². The normalized spacial score (nSPS) is 15.1. The largest absolute Gasteiger partial charge is 0.371 e. The Balaban J connectivity index is 0.00000341. The fourth-order valence-corrected chi connectivity index (χ4v) is 3.93. The second kappa shape index (κ2) is 12.9. The molecule has 0 saturated carbocycles. The molecule has 172 valence electrons. The molecule has 0 radical (unpaired) electrons. The molecule has 0 spiro atoms. The van der Waals surface area contributed by atoms with Crippen molar-refractivity contribution in [2.24, 2.45) is 4.99 Å². The van der Waals surface area contributed by atoms with Gasteiger partial charge in [0.15, 0.2) is 11.7 Å². The molecule has 0 atom stereocenters. The molecule has 2 heterocycles. The van der Waals surface area contributed by atoms with Crippen molar-refractivity contribution in [3.8, 4) is 0 Å². The minimum absolute atomic E-state index is 0. The van der Waals surface area contributed by atoms with Crippen LogP contribution in [0.4, 0.5) is 10.1 Å². The third-order valence-corrected chi connectivity index (χ3v) is 5.73. The number of guanidine groups is 1. The van der Waals surface area contributed by atoms with Crippen molar-refractivity contribution in [3.05, 3.63) is 47.6 Å². The van der Waals surface area contributed by atoms with Crippen LogP contribution in [0.1, 0.15) is 63.8 Å². The maximum atomic E-state index is 13.5. The zero-order chi connectivity index (χ0) is 21.3. The molecule has 8 heteroatoms. The van der Waals surface area contributed by atoms with Crippen LogP contribution < -0.4 is 15.5 Å². The van der Waals surface area contributed by atoms with Gasteiger partial charge in [0, 0.05) is 43.3 Å². The highest BCUT2D eigenvalue weighted by molar-refractivity contribution is 14.0. The minimum atomic E-state index is -0.186. The number of hydrogen-bond acceptors (Lipinski definition) is 4. The summed E-state index contributed by atoms with van der Waals surface area (Å²) in [5.41, 5.74) is 1.97. The average molecular weight is 543 g/mol. The summed E-state index contributed by atoms with van der Waals surface area (Å²) < 4.78 is 19.0. The van der Waals surface area contributed by atoms with Crippen molar-refractivity contribution < 1.29 is 8.91 Å². The molecule has 2 aromatic rings. The van der Waals surface area contributed by atoms with Crippen molar-refractivity contribution in [2.45, 2.75) is 65.0 Å². The van der Waals surface area contributed by atoms with Gasteiger partial charge < -0.3 is 20.1 Å². The lowest BCUT2D eigenvalue weighted by Crippen LogP contribution is -2.48. The molecule has 1 aliphatic heterocycles. The van der Waals surface area contributed by atoms with Crippen LogP contribution in [0, 0.1) is 5.82 Å². The topological polar surface area (TPSA) is 65.7 Å². The number of anilines is 1. The van der Waals surface area contributed by atoms with Crippen LogP contribution >= 0.6 is 24.0 Å². The second-order valence-electron chi connectivity index (χ2n) is 7.81. The van der Waals surface area contributed by atoms with Crippen molar-refractivity contribution >= 4 is 35.6 Å². The zero-order valence-corrected chi connectivity index (χ0v) is 21.1. The Morgan fingerprint density at radius 2 is 1.97 bits per heavy atom. The fraction of sp³-hybridized carbons (Fsp3) is 0.565. The standard InChI is InChI=1S/C23H34FN5O.HI/c1-4-17(5-2)22-15-21(30-28-22)16-26-23(25-6-3)27-19-10-12-29(13-11-19)20-9-7-8-18(24)14-20;/h7-9,14-15,17,19H,4-6,10-13,16H2,1-3H3,(H2,25,26,27);1H. The van der Waals surface area contributed by atoms with Crippen molar-refractivity contribution in [3.63, 3.8) is 0 Å². The molecule has 1 saturated heterocycles. The van der Waals surface area contributed by atoms with Crippen molar-refractivity contribution in [1.82, 2.24) is 15.8 Å². The summed E-state index contributed by atoms with van der Waals surface area (Å²) in [4.78, 5) is 6.92. The van der Waals surface area contributed by atoms with Gasteiger partial charge in [-0.05, 0) is 50.8 Å². The predicted octanol–water partition coefficient (Wildman–Crippen LogP) is 5.06. The van der Waals surface area contributed by atoms with Crippen LogP contribution in [0.25, 0.3) is 0 Å². The van der Waals surface area contributed by atoms with E-state index >= 15 is 0 Å². The number of halogens is 2. The molecule has 1 aliphatic rings. The van der Waals surface area contributed by atoms with E-state index in [0.717, 1.165) is 68.4 Å². The second-order valence-corrected chi connectivity index (χ2v) is 7.81. The molecule has 0 aliphatic carbocycles. The first-order valence-corrected chi connectivity index (χ1v) is 11.1. The highest BCUT2D eigenvalue weighted by atomic mass is 127. The Morgan fingerprint density at radius 3 is 2.61 bits per heavy atom. The maximum Gasteiger partial charge on any atom is 0.191 e. The third-order valence-electron chi connectivity index (χ3n) is 5.73. The van der Waals surface area contributed by atoms with Crippen LogP contribution in [0.3, 0.4) is 0 Å². The molecule has 6 nitrogen and oxygen atoms in total. The summed E-state index contributed by atoms with van der Waals surface area (Å²) in [6.45, 7) is 9.45. The number of aliphatic imine (C=N–C) groups is 1. The zero-order valence-electron chi connectivity index (χ0n) is 18.7. The lowest BCUT2D eigenvalue weighted by molar-refractivity contribution is 0.372. The number of rotatable bonds is 8. The van der Waals surface area contributed by atoms with E-state index in [1.54, 1.807) is 12.1 Å². The fourth-order valence-electron chi connectivity index (χ4n) is 3.93. The minimum Gasteiger partial charge on any atom is -0.371 e. The Hall–Kier alpha value is -1.84. The maximum absolute atomic E-state index is 13.5. The van der Waals surface area contributed by atoms with Gasteiger partial charge in [-0.1, -0.05) is 25.1 Å². The molecule has 2 N–H and O–H groups in total. The molecule has 0 amide bonds. The van der Waals surface area contributed by atoms with Gasteiger partial charge in [-0.25, -0.2) is 9.38 Å². The number of aromatic nitrogens is 1. The van der Waals surface area contributed by atoms with Crippen LogP contribution in [-0.4, -0.2) is 36.8 Å². The van der Waals surface area contributed by atoms with E-state index < -0.39 is 0 Å². The Labute approximate surface area is 202 Å². The van der Waals surface area contributed by atoms with Crippen LogP contribution in [0.2, 0.25) is 0 Å². The molecular formula is C23H35FIN5O. The van der Waals surface area contributed by atoms with Gasteiger partial charge in [0.25, 0.3) is 0 Å². The number of benzene rings is 1.